The minimum atomic E-state index is -3.93. The van der Waals surface area contributed by atoms with Crippen LogP contribution in [0.3, 0.4) is 0 Å². The summed E-state index contributed by atoms with van der Waals surface area (Å²) < 4.78 is 33.5. The van der Waals surface area contributed by atoms with E-state index in [1.54, 1.807) is 26.0 Å². The van der Waals surface area contributed by atoms with Gasteiger partial charge in [0, 0.05) is 13.1 Å². The minimum Gasteiger partial charge on any atom is -0.463 e. The predicted molar refractivity (Wildman–Crippen MR) is 73.3 cm³/mol. The van der Waals surface area contributed by atoms with Crippen LogP contribution in [0, 0.1) is 0 Å². The molecule has 0 unspecified atom stereocenters. The average Bonchev–Trinajstić information content (AvgIpc) is 2.84. The lowest BCUT2D eigenvalue weighted by atomic mass is 10.2. The topological polar surface area (TPSA) is 92.0 Å². The summed E-state index contributed by atoms with van der Waals surface area (Å²) in [7, 11) is -2.65. The molecule has 1 aliphatic rings. The van der Waals surface area contributed by atoms with Crippen LogP contribution >= 0.6 is 0 Å². The van der Waals surface area contributed by atoms with E-state index in [0.717, 1.165) is 4.31 Å². The first-order valence-corrected chi connectivity index (χ1v) is 7.36. The molecule has 0 aliphatic carbocycles. The molecule has 1 aromatic rings. The number of allylic oxidation sites excluding steroid dienone is 1. The van der Waals surface area contributed by atoms with Gasteiger partial charge in [-0.05, 0) is 32.1 Å². The van der Waals surface area contributed by atoms with Crippen LogP contribution < -0.4 is 5.32 Å². The maximum atomic E-state index is 12.1. The summed E-state index contributed by atoms with van der Waals surface area (Å²) in [6, 6.07) is 3.09. The third-order valence-corrected chi connectivity index (χ3v) is 3.91. The van der Waals surface area contributed by atoms with E-state index < -0.39 is 16.1 Å². The Morgan fingerprint density at radius 1 is 1.45 bits per heavy atom. The molecule has 8 heteroatoms. The van der Waals surface area contributed by atoms with E-state index in [-0.39, 0.29) is 23.2 Å². The highest BCUT2D eigenvalue weighted by Gasteiger charge is 2.30. The molecular formula is C12H15N3O4S. The molecule has 2 heterocycles. The number of hydrogen-bond donors (Lipinski definition) is 1. The third-order valence-electron chi connectivity index (χ3n) is 2.60. The Hall–Kier alpha value is -2.09. The van der Waals surface area contributed by atoms with Gasteiger partial charge in [-0.2, -0.15) is 8.42 Å². The van der Waals surface area contributed by atoms with E-state index >= 15 is 0 Å². The standard InChI is InChI=1S/C12H15N3O4S/c1-8(2)13-12(16)10-7-9(11-5-4-6-19-11)14-20(17,18)15(10)3/h4-8H,1-3H3,(H,13,16). The molecule has 1 amide bonds. The number of amides is 1. The van der Waals surface area contributed by atoms with Crippen LogP contribution in [0.15, 0.2) is 39.0 Å². The normalized spacial score (nSPS) is 17.7. The van der Waals surface area contributed by atoms with Gasteiger partial charge in [0.1, 0.15) is 11.4 Å². The Bertz CT molecular complexity index is 672. The first kappa shape index (κ1) is 14.3. The van der Waals surface area contributed by atoms with E-state index in [1.807, 2.05) is 0 Å². The summed E-state index contributed by atoms with van der Waals surface area (Å²) in [6.07, 6.45) is 2.79. The van der Waals surface area contributed by atoms with Gasteiger partial charge in [0.2, 0.25) is 0 Å². The van der Waals surface area contributed by atoms with E-state index in [0.29, 0.717) is 0 Å². The van der Waals surface area contributed by atoms with Crippen LogP contribution in [-0.4, -0.2) is 37.4 Å². The molecule has 7 nitrogen and oxygen atoms in total. The second-order valence-corrected chi connectivity index (χ2v) is 6.18. The fourth-order valence-electron chi connectivity index (χ4n) is 1.64. The van der Waals surface area contributed by atoms with Crippen LogP contribution in [0.5, 0.6) is 0 Å². The van der Waals surface area contributed by atoms with Crippen LogP contribution in [0.2, 0.25) is 0 Å². The van der Waals surface area contributed by atoms with Crippen molar-refractivity contribution in [1.82, 2.24) is 9.62 Å². The first-order valence-electron chi connectivity index (χ1n) is 5.96. The lowest BCUT2D eigenvalue weighted by Gasteiger charge is -2.23. The Morgan fingerprint density at radius 3 is 2.70 bits per heavy atom. The van der Waals surface area contributed by atoms with Gasteiger partial charge in [0.15, 0.2) is 5.76 Å². The predicted octanol–water partition coefficient (Wildman–Crippen LogP) is 0.667. The molecule has 0 saturated carbocycles. The number of carbonyl (C=O) groups excluding carboxylic acids is 1. The van der Waals surface area contributed by atoms with Crippen molar-refractivity contribution in [3.63, 3.8) is 0 Å². The molecule has 1 aromatic heterocycles. The number of nitrogens with one attached hydrogen (secondary N) is 1. The number of furan rings is 1. The minimum absolute atomic E-state index is 0.0000926. The zero-order chi connectivity index (χ0) is 14.9. The van der Waals surface area contributed by atoms with Crippen LogP contribution in [0.1, 0.15) is 19.6 Å². The van der Waals surface area contributed by atoms with Crippen LogP contribution in [-0.2, 0) is 15.0 Å². The summed E-state index contributed by atoms with van der Waals surface area (Å²) in [5.41, 5.74) is 0.0992. The van der Waals surface area contributed by atoms with E-state index in [4.69, 9.17) is 4.42 Å². The second kappa shape index (κ2) is 5.12. The van der Waals surface area contributed by atoms with Gasteiger partial charge in [0.25, 0.3) is 5.91 Å². The molecule has 1 N–H and O–H groups in total. The molecule has 0 aromatic carbocycles. The highest BCUT2D eigenvalue weighted by Crippen LogP contribution is 2.19. The van der Waals surface area contributed by atoms with Gasteiger partial charge < -0.3 is 9.73 Å². The number of likely N-dealkylation sites (N-methyl/N-ethyl adjacent to an activating group) is 1. The van der Waals surface area contributed by atoms with E-state index in [2.05, 4.69) is 9.71 Å². The molecule has 0 radical (unpaired) electrons. The quantitative estimate of drug-likeness (QED) is 0.887. The van der Waals surface area contributed by atoms with E-state index in [1.165, 1.54) is 19.4 Å². The SMILES string of the molecule is CC(C)NC(=O)C1=CC(c2ccco2)=NS(=O)(=O)N1C. The maximum Gasteiger partial charge on any atom is 0.345 e. The molecule has 1 aliphatic heterocycles. The van der Waals surface area contributed by atoms with Gasteiger partial charge in [-0.25, -0.2) is 4.31 Å². The smallest absolute Gasteiger partial charge is 0.345 e. The van der Waals surface area contributed by atoms with Gasteiger partial charge in [0.05, 0.1) is 6.26 Å². The zero-order valence-electron chi connectivity index (χ0n) is 11.3. The molecule has 0 fully saturated rings. The lowest BCUT2D eigenvalue weighted by molar-refractivity contribution is -0.118. The number of hydrogen-bond acceptors (Lipinski definition) is 4. The Labute approximate surface area is 117 Å². The summed E-state index contributed by atoms with van der Waals surface area (Å²) in [4.78, 5) is 12.1. The van der Waals surface area contributed by atoms with Gasteiger partial charge in [-0.1, -0.05) is 0 Å². The van der Waals surface area contributed by atoms with Crippen molar-refractivity contribution in [1.29, 1.82) is 0 Å². The largest absolute Gasteiger partial charge is 0.463 e. The summed E-state index contributed by atoms with van der Waals surface area (Å²) in [5.74, 6) is -0.193. The fourth-order valence-corrected chi connectivity index (χ4v) is 2.54. The average molecular weight is 297 g/mol. The third kappa shape index (κ3) is 2.74. The van der Waals surface area contributed by atoms with Crippen LogP contribution in [0.25, 0.3) is 0 Å². The van der Waals surface area contributed by atoms with Crippen molar-refractivity contribution in [3.8, 4) is 0 Å². The van der Waals surface area contributed by atoms with Gasteiger partial charge in [-0.15, -0.1) is 4.40 Å². The molecule has 0 bridgehead atoms. The number of rotatable bonds is 3. The highest BCUT2D eigenvalue weighted by atomic mass is 32.2. The molecule has 0 spiro atoms. The Morgan fingerprint density at radius 2 is 2.15 bits per heavy atom. The second-order valence-electron chi connectivity index (χ2n) is 4.56. The highest BCUT2D eigenvalue weighted by molar-refractivity contribution is 7.88. The van der Waals surface area contributed by atoms with Crippen LogP contribution in [0.4, 0.5) is 0 Å². The summed E-state index contributed by atoms with van der Waals surface area (Å²) in [6.45, 7) is 3.58. The van der Waals surface area contributed by atoms with E-state index in [9.17, 15) is 13.2 Å². The molecule has 0 saturated heterocycles. The van der Waals surface area contributed by atoms with Gasteiger partial charge in [-0.3, -0.25) is 4.79 Å². The molecule has 108 valence electrons. The number of nitrogens with zero attached hydrogens (tertiary/aromatic N) is 2. The van der Waals surface area contributed by atoms with Crippen molar-refractivity contribution < 1.29 is 17.6 Å². The molecule has 0 atom stereocenters. The molecular weight excluding hydrogens is 282 g/mol. The molecule has 2 rings (SSSR count). The number of carbonyl (C=O) groups is 1. The Balaban J connectivity index is 2.45. The summed E-state index contributed by atoms with van der Waals surface area (Å²) in [5, 5.41) is 2.65. The van der Waals surface area contributed by atoms with Crippen molar-refractivity contribution in [2.45, 2.75) is 19.9 Å². The summed E-state index contributed by atoms with van der Waals surface area (Å²) >= 11 is 0. The van der Waals surface area contributed by atoms with Crippen molar-refractivity contribution in [3.05, 3.63) is 35.9 Å². The van der Waals surface area contributed by atoms with Crippen molar-refractivity contribution in [2.75, 3.05) is 7.05 Å². The Kier molecular flexibility index (Phi) is 3.67. The van der Waals surface area contributed by atoms with Gasteiger partial charge >= 0.3 is 10.2 Å². The maximum absolute atomic E-state index is 12.1. The zero-order valence-corrected chi connectivity index (χ0v) is 12.1. The van der Waals surface area contributed by atoms with Crippen molar-refractivity contribution in [2.24, 2.45) is 4.40 Å². The first-order chi connectivity index (χ1) is 9.31. The monoisotopic (exact) mass is 297 g/mol. The molecule has 20 heavy (non-hydrogen) atoms. The van der Waals surface area contributed by atoms with Crippen molar-refractivity contribution >= 4 is 21.8 Å². The lowest BCUT2D eigenvalue weighted by Crippen LogP contribution is -2.40. The fraction of sp³-hybridized carbons (Fsp3) is 0.333.